The number of hydrogen-bond donors (Lipinski definition) is 3. The summed E-state index contributed by atoms with van der Waals surface area (Å²) in [7, 11) is 0. The summed E-state index contributed by atoms with van der Waals surface area (Å²) in [6.07, 6.45) is 5.65. The molecule has 0 spiro atoms. The van der Waals surface area contributed by atoms with Crippen molar-refractivity contribution in [3.8, 4) is 0 Å². The van der Waals surface area contributed by atoms with Gasteiger partial charge in [0, 0.05) is 23.0 Å². The fourth-order valence-electron chi connectivity index (χ4n) is 5.75. The molecule has 0 fully saturated rings. The van der Waals surface area contributed by atoms with Crippen molar-refractivity contribution in [3.63, 3.8) is 0 Å². The number of hydrogen-bond acceptors (Lipinski definition) is 3. The van der Waals surface area contributed by atoms with Crippen LogP contribution in [-0.2, 0) is 0 Å². The van der Waals surface area contributed by atoms with Gasteiger partial charge in [-0.2, -0.15) is 0 Å². The van der Waals surface area contributed by atoms with Gasteiger partial charge in [-0.3, -0.25) is 4.79 Å². The lowest BCUT2D eigenvalue weighted by Gasteiger charge is -2.38. The van der Waals surface area contributed by atoms with Crippen LogP contribution >= 0.6 is 0 Å². The maximum absolute atomic E-state index is 13.5. The van der Waals surface area contributed by atoms with E-state index < -0.39 is 0 Å². The summed E-state index contributed by atoms with van der Waals surface area (Å²) < 4.78 is 0. The zero-order valence-corrected chi connectivity index (χ0v) is 21.8. The molecule has 4 heteroatoms. The van der Waals surface area contributed by atoms with Gasteiger partial charge in [0.05, 0.1) is 17.3 Å². The van der Waals surface area contributed by atoms with Crippen LogP contribution in [0.15, 0.2) is 109 Å². The number of carbonyl (C=O) groups excluding carboxylic acids is 1. The normalized spacial score (nSPS) is 19.4. The third-order valence-corrected chi connectivity index (χ3v) is 7.81. The summed E-state index contributed by atoms with van der Waals surface area (Å²) in [6.45, 7) is 4.44. The summed E-state index contributed by atoms with van der Waals surface area (Å²) in [5, 5.41) is 10.3. The number of allylic oxidation sites excluding steroid dienone is 2. The minimum absolute atomic E-state index is 0.104. The van der Waals surface area contributed by atoms with Crippen LogP contribution < -0.4 is 16.0 Å². The lowest BCUT2D eigenvalue weighted by atomic mass is 9.76. The lowest BCUT2D eigenvalue weighted by molar-refractivity contribution is 0.102. The highest BCUT2D eigenvalue weighted by atomic mass is 16.1. The lowest BCUT2D eigenvalue weighted by Crippen LogP contribution is -2.31. The molecule has 3 atom stereocenters. The first kappa shape index (κ1) is 24.1. The van der Waals surface area contributed by atoms with Crippen LogP contribution in [0.3, 0.4) is 0 Å². The predicted octanol–water partition coefficient (Wildman–Crippen LogP) is 8.63. The molecule has 0 radical (unpaired) electrons. The van der Waals surface area contributed by atoms with Crippen LogP contribution in [-0.4, -0.2) is 5.91 Å². The number of nitrogens with one attached hydrogen (secondary N) is 3. The van der Waals surface area contributed by atoms with Gasteiger partial charge in [0.1, 0.15) is 0 Å². The summed E-state index contributed by atoms with van der Waals surface area (Å²) in [5.41, 5.74) is 8.20. The van der Waals surface area contributed by atoms with Gasteiger partial charge in [-0.05, 0) is 77.4 Å². The van der Waals surface area contributed by atoms with Gasteiger partial charge >= 0.3 is 0 Å². The molecule has 4 nitrogen and oxygen atoms in total. The Morgan fingerprint density at radius 3 is 2.26 bits per heavy atom. The number of benzene rings is 4. The number of para-hydroxylation sites is 2. The van der Waals surface area contributed by atoms with E-state index in [4.69, 9.17) is 0 Å². The minimum Gasteiger partial charge on any atom is -0.377 e. The van der Waals surface area contributed by atoms with Crippen molar-refractivity contribution >= 4 is 28.7 Å². The molecule has 0 bridgehead atoms. The van der Waals surface area contributed by atoms with Crippen molar-refractivity contribution in [1.82, 2.24) is 0 Å². The zero-order chi connectivity index (χ0) is 26.1. The third kappa shape index (κ3) is 4.70. The molecule has 3 N–H and O–H groups in total. The Bertz CT molecular complexity index is 1460. The van der Waals surface area contributed by atoms with Gasteiger partial charge in [-0.15, -0.1) is 0 Å². The van der Waals surface area contributed by atoms with E-state index >= 15 is 0 Å². The maximum atomic E-state index is 13.5. The first-order valence-corrected chi connectivity index (χ1v) is 13.5. The number of fused-ring (bicyclic) bond motifs is 3. The predicted molar refractivity (Wildman–Crippen MR) is 157 cm³/mol. The Labute approximate surface area is 224 Å². The fourth-order valence-corrected chi connectivity index (χ4v) is 5.75. The second kappa shape index (κ2) is 10.2. The maximum Gasteiger partial charge on any atom is 0.257 e. The Morgan fingerprint density at radius 2 is 1.53 bits per heavy atom. The van der Waals surface area contributed by atoms with Crippen molar-refractivity contribution in [1.29, 1.82) is 0 Å². The van der Waals surface area contributed by atoms with Crippen LogP contribution in [0, 0.1) is 5.92 Å². The minimum atomic E-state index is -0.104. The van der Waals surface area contributed by atoms with Gasteiger partial charge < -0.3 is 16.0 Å². The second-order valence-corrected chi connectivity index (χ2v) is 10.6. The second-order valence-electron chi connectivity index (χ2n) is 10.6. The number of amides is 1. The molecule has 38 heavy (non-hydrogen) atoms. The van der Waals surface area contributed by atoms with E-state index in [9.17, 15) is 4.79 Å². The zero-order valence-electron chi connectivity index (χ0n) is 21.8. The highest BCUT2D eigenvalue weighted by Crippen LogP contribution is 2.50. The average Bonchev–Trinajstić information content (AvgIpc) is 3.44. The third-order valence-electron chi connectivity index (χ3n) is 7.81. The Morgan fingerprint density at radius 1 is 0.816 bits per heavy atom. The van der Waals surface area contributed by atoms with Crippen molar-refractivity contribution in [2.45, 2.75) is 38.1 Å². The molecule has 1 heterocycles. The largest absolute Gasteiger partial charge is 0.377 e. The summed E-state index contributed by atoms with van der Waals surface area (Å²) in [6, 6.07) is 33.1. The molecule has 190 valence electrons. The first-order valence-electron chi connectivity index (χ1n) is 13.5. The summed E-state index contributed by atoms with van der Waals surface area (Å²) in [5.74, 6) is 1.14. The van der Waals surface area contributed by atoms with Gasteiger partial charge in [-0.1, -0.05) is 80.6 Å². The van der Waals surface area contributed by atoms with Gasteiger partial charge in [0.2, 0.25) is 0 Å². The van der Waals surface area contributed by atoms with Crippen LogP contribution in [0.25, 0.3) is 0 Å². The molecule has 1 amide bonds. The first-order chi connectivity index (χ1) is 18.6. The molecular weight excluding hydrogens is 466 g/mol. The molecule has 1 aliphatic heterocycles. The Balaban J connectivity index is 1.24. The van der Waals surface area contributed by atoms with Gasteiger partial charge in [0.25, 0.3) is 5.91 Å². The highest BCUT2D eigenvalue weighted by molar-refractivity contribution is 6.08. The standard InChI is InChI=1S/C34H33N3O/c1-22(2)23-14-16-24(17-15-23)32-29-11-6-10-28(29)30-12-7-13-31(33(30)37-32)34(38)36-27-20-18-26(19-21-27)35-25-8-4-3-5-9-25/h3-10,12-22,28-29,32,35,37H,11H2,1-2H3,(H,36,38). The van der Waals surface area contributed by atoms with E-state index in [1.165, 1.54) is 16.7 Å². The molecule has 3 unspecified atom stereocenters. The van der Waals surface area contributed by atoms with E-state index in [-0.39, 0.29) is 11.9 Å². The number of anilines is 4. The molecule has 4 aromatic carbocycles. The molecule has 1 aliphatic carbocycles. The van der Waals surface area contributed by atoms with Crippen molar-refractivity contribution < 1.29 is 4.79 Å². The van der Waals surface area contributed by atoms with Gasteiger partial charge in [-0.25, -0.2) is 0 Å². The molecule has 2 aliphatic rings. The topological polar surface area (TPSA) is 53.2 Å². The van der Waals surface area contributed by atoms with E-state index in [1.807, 2.05) is 66.7 Å². The molecule has 0 saturated heterocycles. The van der Waals surface area contributed by atoms with Crippen molar-refractivity contribution in [2.75, 3.05) is 16.0 Å². The van der Waals surface area contributed by atoms with Crippen LogP contribution in [0.5, 0.6) is 0 Å². The number of carbonyl (C=O) groups is 1. The van der Waals surface area contributed by atoms with Crippen molar-refractivity contribution in [2.24, 2.45) is 5.92 Å². The van der Waals surface area contributed by atoms with E-state index in [2.05, 4.69) is 72.3 Å². The van der Waals surface area contributed by atoms with Crippen LogP contribution in [0.2, 0.25) is 0 Å². The fraction of sp³-hybridized carbons (Fsp3) is 0.206. The summed E-state index contributed by atoms with van der Waals surface area (Å²) >= 11 is 0. The Hall–Kier alpha value is -4.31. The molecule has 4 aromatic rings. The monoisotopic (exact) mass is 499 g/mol. The SMILES string of the molecule is CC(C)c1ccc(C2Nc3c(C(=O)Nc4ccc(Nc5ccccc5)cc4)cccc3C3C=CCC32)cc1. The van der Waals surface area contributed by atoms with Gasteiger partial charge in [0.15, 0.2) is 0 Å². The van der Waals surface area contributed by atoms with E-state index in [1.54, 1.807) is 0 Å². The molecule has 0 saturated carbocycles. The molecular formula is C34H33N3O. The van der Waals surface area contributed by atoms with E-state index in [0.717, 1.165) is 29.2 Å². The van der Waals surface area contributed by atoms with Crippen molar-refractivity contribution in [3.05, 3.63) is 131 Å². The van der Waals surface area contributed by atoms with Crippen LogP contribution in [0.1, 0.15) is 65.2 Å². The molecule has 0 aromatic heterocycles. The molecule has 6 rings (SSSR count). The number of rotatable bonds is 6. The van der Waals surface area contributed by atoms with E-state index in [0.29, 0.717) is 23.3 Å². The average molecular weight is 500 g/mol. The highest BCUT2D eigenvalue weighted by Gasteiger charge is 2.39. The quantitative estimate of drug-likeness (QED) is 0.233. The Kier molecular flexibility index (Phi) is 6.47. The smallest absolute Gasteiger partial charge is 0.257 e. The summed E-state index contributed by atoms with van der Waals surface area (Å²) in [4.78, 5) is 13.5. The van der Waals surface area contributed by atoms with Crippen LogP contribution in [0.4, 0.5) is 22.7 Å².